The Kier molecular flexibility index (Phi) is 8.72. The Balaban J connectivity index is 1.75. The molecule has 2 N–H and O–H groups in total. The molecular weight excluding hydrogens is 356 g/mol. The molecule has 0 aliphatic carbocycles. The molecule has 0 aliphatic rings. The number of nitrogens with zero attached hydrogens (tertiary/aromatic N) is 2. The highest BCUT2D eigenvalue weighted by molar-refractivity contribution is 7.71. The fraction of sp³-hybridized carbons (Fsp3) is 0.571. The van der Waals surface area contributed by atoms with Crippen molar-refractivity contribution >= 4 is 18.1 Å². The summed E-state index contributed by atoms with van der Waals surface area (Å²) < 4.78 is 2.44. The van der Waals surface area contributed by atoms with Gasteiger partial charge in [0.05, 0.1) is 0 Å². The van der Waals surface area contributed by atoms with Crippen molar-refractivity contribution in [2.75, 3.05) is 6.54 Å². The largest absolute Gasteiger partial charge is 0.356 e. The van der Waals surface area contributed by atoms with E-state index in [4.69, 9.17) is 12.2 Å². The molecule has 1 amide bonds. The SMILES string of the molecule is Cc1ccc(-c2n[nH]c(=S)n2CCC(=O)NCCCCCCC(C)C)cc1. The molecule has 0 unspecified atom stereocenters. The predicted octanol–water partition coefficient (Wildman–Crippen LogP) is 5.03. The molecule has 2 rings (SSSR count). The van der Waals surface area contributed by atoms with Crippen molar-refractivity contribution in [1.29, 1.82) is 0 Å². The number of nitrogens with one attached hydrogen (secondary N) is 2. The van der Waals surface area contributed by atoms with Crippen LogP contribution in [0.4, 0.5) is 0 Å². The average molecular weight is 389 g/mol. The van der Waals surface area contributed by atoms with Crippen LogP contribution in [0.25, 0.3) is 11.4 Å². The molecule has 1 heterocycles. The first-order chi connectivity index (χ1) is 13.0. The van der Waals surface area contributed by atoms with E-state index in [0.29, 0.717) is 17.7 Å². The molecule has 5 nitrogen and oxygen atoms in total. The molecule has 0 radical (unpaired) electrons. The Bertz CT molecular complexity index is 761. The molecule has 2 aromatic rings. The summed E-state index contributed by atoms with van der Waals surface area (Å²) >= 11 is 5.33. The number of hydrogen-bond donors (Lipinski definition) is 2. The number of H-pyrrole nitrogens is 1. The summed E-state index contributed by atoms with van der Waals surface area (Å²) in [6.45, 7) is 7.85. The predicted molar refractivity (Wildman–Crippen MR) is 113 cm³/mol. The van der Waals surface area contributed by atoms with Crippen LogP contribution in [0, 0.1) is 17.6 Å². The lowest BCUT2D eigenvalue weighted by atomic mass is 10.0. The third kappa shape index (κ3) is 7.29. The van der Waals surface area contributed by atoms with Gasteiger partial charge in [-0.05, 0) is 31.5 Å². The maximum atomic E-state index is 12.1. The third-order valence-electron chi connectivity index (χ3n) is 4.66. The number of carbonyl (C=O) groups is 1. The van der Waals surface area contributed by atoms with E-state index in [1.54, 1.807) is 0 Å². The molecule has 1 aromatic heterocycles. The van der Waals surface area contributed by atoms with Gasteiger partial charge in [-0.15, -0.1) is 0 Å². The monoisotopic (exact) mass is 388 g/mol. The van der Waals surface area contributed by atoms with Gasteiger partial charge in [-0.25, -0.2) is 0 Å². The number of unbranched alkanes of at least 4 members (excludes halogenated alkanes) is 3. The Morgan fingerprint density at radius 2 is 1.89 bits per heavy atom. The number of aromatic amines is 1. The van der Waals surface area contributed by atoms with Gasteiger partial charge in [0.2, 0.25) is 5.91 Å². The van der Waals surface area contributed by atoms with Gasteiger partial charge in [0.15, 0.2) is 10.6 Å². The zero-order chi connectivity index (χ0) is 19.6. The number of carbonyl (C=O) groups excluding carboxylic acids is 1. The second kappa shape index (κ2) is 11.0. The van der Waals surface area contributed by atoms with E-state index in [2.05, 4.69) is 36.3 Å². The summed E-state index contributed by atoms with van der Waals surface area (Å²) in [5.74, 6) is 1.62. The van der Waals surface area contributed by atoms with Crippen molar-refractivity contribution in [2.45, 2.75) is 65.8 Å². The number of rotatable bonds is 11. The van der Waals surface area contributed by atoms with Gasteiger partial charge in [-0.1, -0.05) is 69.4 Å². The van der Waals surface area contributed by atoms with Gasteiger partial charge in [-0.3, -0.25) is 14.5 Å². The standard InChI is InChI=1S/C21H32N4OS/c1-16(2)8-6-4-5-7-14-22-19(26)13-15-25-20(23-24-21(25)27)18-11-9-17(3)10-12-18/h9-12,16H,4-8,13-15H2,1-3H3,(H,22,26)(H,24,27). The molecule has 148 valence electrons. The second-order valence-electron chi connectivity index (χ2n) is 7.57. The van der Waals surface area contributed by atoms with Crippen LogP contribution >= 0.6 is 12.2 Å². The topological polar surface area (TPSA) is 62.7 Å². The first kappa shape index (κ1) is 21.4. The van der Waals surface area contributed by atoms with Crippen molar-refractivity contribution < 1.29 is 4.79 Å². The van der Waals surface area contributed by atoms with E-state index >= 15 is 0 Å². The summed E-state index contributed by atoms with van der Waals surface area (Å²) in [6, 6.07) is 8.14. The van der Waals surface area contributed by atoms with Gasteiger partial charge < -0.3 is 5.32 Å². The van der Waals surface area contributed by atoms with E-state index in [1.807, 2.05) is 28.8 Å². The van der Waals surface area contributed by atoms with Gasteiger partial charge in [-0.2, -0.15) is 5.10 Å². The zero-order valence-electron chi connectivity index (χ0n) is 16.8. The Morgan fingerprint density at radius 3 is 2.59 bits per heavy atom. The molecular formula is C21H32N4OS. The first-order valence-corrected chi connectivity index (χ1v) is 10.4. The molecule has 0 atom stereocenters. The number of hydrogen-bond acceptors (Lipinski definition) is 3. The van der Waals surface area contributed by atoms with E-state index in [1.165, 1.54) is 31.2 Å². The molecule has 0 spiro atoms. The Morgan fingerprint density at radius 1 is 1.19 bits per heavy atom. The molecule has 6 heteroatoms. The molecule has 1 aromatic carbocycles. The van der Waals surface area contributed by atoms with Crippen molar-refractivity contribution in [3.8, 4) is 11.4 Å². The van der Waals surface area contributed by atoms with E-state index < -0.39 is 0 Å². The Labute approximate surface area is 167 Å². The summed E-state index contributed by atoms with van der Waals surface area (Å²) in [5.41, 5.74) is 2.19. The average Bonchev–Trinajstić information content (AvgIpc) is 3.00. The summed E-state index contributed by atoms with van der Waals surface area (Å²) in [6.07, 6.45) is 6.45. The lowest BCUT2D eigenvalue weighted by Gasteiger charge is -2.08. The van der Waals surface area contributed by atoms with Gasteiger partial charge in [0.25, 0.3) is 0 Å². The van der Waals surface area contributed by atoms with E-state index in [0.717, 1.165) is 30.3 Å². The lowest BCUT2D eigenvalue weighted by Crippen LogP contribution is -2.25. The lowest BCUT2D eigenvalue weighted by molar-refractivity contribution is -0.121. The maximum Gasteiger partial charge on any atom is 0.221 e. The van der Waals surface area contributed by atoms with Crippen LogP contribution in [0.2, 0.25) is 0 Å². The fourth-order valence-corrected chi connectivity index (χ4v) is 3.23. The molecule has 0 saturated carbocycles. The van der Waals surface area contributed by atoms with Crippen LogP contribution in [0.3, 0.4) is 0 Å². The first-order valence-electron chi connectivity index (χ1n) is 9.96. The minimum atomic E-state index is 0.0649. The quantitative estimate of drug-likeness (QED) is 0.419. The second-order valence-corrected chi connectivity index (χ2v) is 7.95. The van der Waals surface area contributed by atoms with E-state index in [9.17, 15) is 4.79 Å². The highest BCUT2D eigenvalue weighted by Crippen LogP contribution is 2.18. The maximum absolute atomic E-state index is 12.1. The highest BCUT2D eigenvalue weighted by Gasteiger charge is 2.10. The third-order valence-corrected chi connectivity index (χ3v) is 4.97. The molecule has 0 fully saturated rings. The minimum Gasteiger partial charge on any atom is -0.356 e. The summed E-state index contributed by atoms with van der Waals surface area (Å²) in [4.78, 5) is 12.1. The minimum absolute atomic E-state index is 0.0649. The number of benzene rings is 1. The van der Waals surface area contributed by atoms with Gasteiger partial charge in [0.1, 0.15) is 0 Å². The van der Waals surface area contributed by atoms with Crippen LogP contribution < -0.4 is 5.32 Å². The van der Waals surface area contributed by atoms with Crippen LogP contribution in [0.15, 0.2) is 24.3 Å². The van der Waals surface area contributed by atoms with Crippen LogP contribution in [0.1, 0.15) is 57.9 Å². The van der Waals surface area contributed by atoms with Gasteiger partial charge >= 0.3 is 0 Å². The molecule has 27 heavy (non-hydrogen) atoms. The van der Waals surface area contributed by atoms with Crippen LogP contribution in [-0.4, -0.2) is 27.2 Å². The smallest absolute Gasteiger partial charge is 0.221 e. The summed E-state index contributed by atoms with van der Waals surface area (Å²) in [5, 5.41) is 10.2. The zero-order valence-corrected chi connectivity index (χ0v) is 17.6. The van der Waals surface area contributed by atoms with Gasteiger partial charge in [0, 0.05) is 25.1 Å². The Hall–Kier alpha value is -1.95. The highest BCUT2D eigenvalue weighted by atomic mass is 32.1. The molecule has 0 bridgehead atoms. The van der Waals surface area contributed by atoms with Crippen LogP contribution in [0.5, 0.6) is 0 Å². The number of aryl methyl sites for hydroxylation is 1. The molecule has 0 aliphatic heterocycles. The fourth-order valence-electron chi connectivity index (χ4n) is 3.01. The van der Waals surface area contributed by atoms with E-state index in [-0.39, 0.29) is 5.91 Å². The number of aromatic nitrogens is 3. The normalized spacial score (nSPS) is 11.1. The molecule has 0 saturated heterocycles. The van der Waals surface area contributed by atoms with Crippen molar-refractivity contribution in [2.24, 2.45) is 5.92 Å². The number of amides is 1. The van der Waals surface area contributed by atoms with Crippen molar-refractivity contribution in [1.82, 2.24) is 20.1 Å². The summed E-state index contributed by atoms with van der Waals surface area (Å²) in [7, 11) is 0. The van der Waals surface area contributed by atoms with Crippen LogP contribution in [-0.2, 0) is 11.3 Å². The van der Waals surface area contributed by atoms with Crippen molar-refractivity contribution in [3.05, 3.63) is 34.6 Å². The van der Waals surface area contributed by atoms with Crippen molar-refractivity contribution in [3.63, 3.8) is 0 Å².